The largest absolute Gasteiger partial charge is 0.376 e. The molecule has 1 aliphatic heterocycles. The Bertz CT molecular complexity index is 617. The second-order valence-corrected chi connectivity index (χ2v) is 7.35. The second-order valence-electron chi connectivity index (χ2n) is 5.46. The zero-order valence-corrected chi connectivity index (χ0v) is 14.1. The molecule has 3 nitrogen and oxygen atoms in total. The van der Waals surface area contributed by atoms with Gasteiger partial charge in [-0.2, -0.15) is 23.1 Å². The van der Waals surface area contributed by atoms with Gasteiger partial charge >= 0.3 is 0 Å². The van der Waals surface area contributed by atoms with Crippen LogP contribution in [0.4, 0.5) is 0 Å². The quantitative estimate of drug-likeness (QED) is 0.907. The van der Waals surface area contributed by atoms with Crippen molar-refractivity contribution in [3.63, 3.8) is 0 Å². The highest BCUT2D eigenvalue weighted by atomic mass is 32.2. The number of carbonyl (C=O) groups is 1. The molecule has 1 aromatic heterocycles. The maximum atomic E-state index is 12.3. The first kappa shape index (κ1) is 15.6. The van der Waals surface area contributed by atoms with Crippen LogP contribution in [0.3, 0.4) is 0 Å². The van der Waals surface area contributed by atoms with Crippen molar-refractivity contribution in [1.82, 2.24) is 5.32 Å². The van der Waals surface area contributed by atoms with E-state index in [1.54, 1.807) is 18.4 Å². The monoisotopic (exact) mass is 333 g/mol. The summed E-state index contributed by atoms with van der Waals surface area (Å²) in [6.07, 6.45) is 0.992. The number of rotatable bonds is 5. The van der Waals surface area contributed by atoms with Gasteiger partial charge in [-0.05, 0) is 52.3 Å². The number of nitrogens with one attached hydrogen (secondary N) is 1. The van der Waals surface area contributed by atoms with Crippen molar-refractivity contribution >= 4 is 29.0 Å². The summed E-state index contributed by atoms with van der Waals surface area (Å²) in [4.78, 5) is 12.3. The number of amides is 1. The normalized spacial score (nSPS) is 21.0. The van der Waals surface area contributed by atoms with Crippen LogP contribution in [0.5, 0.6) is 0 Å². The third-order valence-corrected chi connectivity index (χ3v) is 5.98. The highest BCUT2D eigenvalue weighted by Crippen LogP contribution is 2.30. The highest BCUT2D eigenvalue weighted by molar-refractivity contribution is 7.99. The lowest BCUT2D eigenvalue weighted by Gasteiger charge is -2.26. The minimum Gasteiger partial charge on any atom is -0.376 e. The average molecular weight is 333 g/mol. The molecule has 0 aliphatic carbocycles. The van der Waals surface area contributed by atoms with Crippen molar-refractivity contribution in [2.24, 2.45) is 0 Å². The van der Waals surface area contributed by atoms with Crippen molar-refractivity contribution in [3.05, 3.63) is 46.7 Å². The maximum absolute atomic E-state index is 12.3. The van der Waals surface area contributed by atoms with Gasteiger partial charge in [0.2, 0.25) is 0 Å². The molecule has 0 spiro atoms. The fourth-order valence-electron chi connectivity index (χ4n) is 2.55. The van der Waals surface area contributed by atoms with E-state index in [0.29, 0.717) is 12.1 Å². The van der Waals surface area contributed by atoms with Crippen LogP contribution >= 0.6 is 23.1 Å². The van der Waals surface area contributed by atoms with Crippen molar-refractivity contribution in [3.8, 4) is 11.1 Å². The molecule has 116 valence electrons. The molecule has 1 atom stereocenters. The number of benzene rings is 1. The summed E-state index contributed by atoms with van der Waals surface area (Å²) in [5.74, 6) is 2.00. The van der Waals surface area contributed by atoms with E-state index < -0.39 is 0 Å². The molecule has 1 N–H and O–H groups in total. The minimum absolute atomic E-state index is 0.0369. The number of ether oxygens (including phenoxy) is 1. The summed E-state index contributed by atoms with van der Waals surface area (Å²) in [7, 11) is 1.73. The molecule has 1 aromatic carbocycles. The summed E-state index contributed by atoms with van der Waals surface area (Å²) in [6, 6.07) is 9.83. The van der Waals surface area contributed by atoms with E-state index >= 15 is 0 Å². The fourth-order valence-corrected chi connectivity index (χ4v) is 4.61. The second kappa shape index (κ2) is 6.86. The lowest BCUT2D eigenvalue weighted by atomic mass is 10.0. The molecule has 1 aliphatic rings. The molecule has 0 radical (unpaired) electrons. The standard InChI is InChI=1S/C17H19NO2S2/c1-20-17(7-9-22-12-17)11-18-16(19)14-4-2-13(3-5-14)15-6-8-21-10-15/h2-6,8,10H,7,9,11-12H2,1H3,(H,18,19). The van der Waals surface area contributed by atoms with Gasteiger partial charge in [0.25, 0.3) is 5.91 Å². The van der Waals surface area contributed by atoms with E-state index in [2.05, 4.69) is 22.1 Å². The van der Waals surface area contributed by atoms with Crippen LogP contribution in [-0.4, -0.2) is 36.7 Å². The van der Waals surface area contributed by atoms with E-state index in [-0.39, 0.29) is 11.5 Å². The van der Waals surface area contributed by atoms with Crippen LogP contribution in [-0.2, 0) is 4.74 Å². The summed E-state index contributed by atoms with van der Waals surface area (Å²) >= 11 is 3.55. The number of carbonyl (C=O) groups excluding carboxylic acids is 1. The van der Waals surface area contributed by atoms with Crippen molar-refractivity contribution < 1.29 is 9.53 Å². The number of thioether (sulfide) groups is 1. The number of hydrogen-bond acceptors (Lipinski definition) is 4. The predicted molar refractivity (Wildman–Crippen MR) is 93.8 cm³/mol. The SMILES string of the molecule is COC1(CNC(=O)c2ccc(-c3ccsc3)cc2)CCSC1. The molecule has 0 saturated carbocycles. The lowest BCUT2D eigenvalue weighted by molar-refractivity contribution is 0.0137. The van der Waals surface area contributed by atoms with Gasteiger partial charge in [-0.1, -0.05) is 12.1 Å². The molecule has 3 rings (SSSR count). The molecule has 0 bridgehead atoms. The smallest absolute Gasteiger partial charge is 0.251 e. The Hall–Kier alpha value is -1.30. The first-order valence-corrected chi connectivity index (χ1v) is 9.36. The highest BCUT2D eigenvalue weighted by Gasteiger charge is 2.34. The Labute approximate surface area is 139 Å². The third-order valence-electron chi connectivity index (χ3n) is 4.07. The Kier molecular flexibility index (Phi) is 4.86. The maximum Gasteiger partial charge on any atom is 0.251 e. The van der Waals surface area contributed by atoms with Crippen molar-refractivity contribution in [2.75, 3.05) is 25.2 Å². The summed E-state index contributed by atoms with van der Waals surface area (Å²) < 4.78 is 5.62. The van der Waals surface area contributed by atoms with Gasteiger partial charge in [0.15, 0.2) is 0 Å². The zero-order valence-electron chi connectivity index (χ0n) is 12.5. The first-order chi connectivity index (χ1) is 10.7. The summed E-state index contributed by atoms with van der Waals surface area (Å²) in [5, 5.41) is 7.17. The summed E-state index contributed by atoms with van der Waals surface area (Å²) in [6.45, 7) is 0.571. The number of hydrogen-bond donors (Lipinski definition) is 1. The number of methoxy groups -OCH3 is 1. The van der Waals surface area contributed by atoms with E-state index in [9.17, 15) is 4.79 Å². The predicted octanol–water partition coefficient (Wildman–Crippen LogP) is 3.67. The molecular weight excluding hydrogens is 314 g/mol. The molecular formula is C17H19NO2S2. The van der Waals surface area contributed by atoms with Gasteiger partial charge in [-0.3, -0.25) is 4.79 Å². The third kappa shape index (κ3) is 3.37. The Morgan fingerprint density at radius 3 is 2.68 bits per heavy atom. The summed E-state index contributed by atoms with van der Waals surface area (Å²) in [5.41, 5.74) is 2.82. The van der Waals surface area contributed by atoms with E-state index in [1.807, 2.05) is 36.0 Å². The van der Waals surface area contributed by atoms with Crippen LogP contribution in [0.25, 0.3) is 11.1 Å². The van der Waals surface area contributed by atoms with Crippen molar-refractivity contribution in [2.45, 2.75) is 12.0 Å². The van der Waals surface area contributed by atoms with Gasteiger partial charge in [-0.25, -0.2) is 0 Å². The molecule has 2 aromatic rings. The van der Waals surface area contributed by atoms with Crippen LogP contribution in [0.1, 0.15) is 16.8 Å². The van der Waals surface area contributed by atoms with Crippen LogP contribution in [0.15, 0.2) is 41.1 Å². The average Bonchev–Trinajstić information content (AvgIpc) is 3.25. The van der Waals surface area contributed by atoms with E-state index in [0.717, 1.165) is 23.5 Å². The minimum atomic E-state index is -0.197. The van der Waals surface area contributed by atoms with Crippen LogP contribution < -0.4 is 5.32 Å². The Morgan fingerprint density at radius 1 is 1.27 bits per heavy atom. The van der Waals surface area contributed by atoms with Crippen molar-refractivity contribution in [1.29, 1.82) is 0 Å². The lowest BCUT2D eigenvalue weighted by Crippen LogP contribution is -2.44. The Morgan fingerprint density at radius 2 is 2.09 bits per heavy atom. The topological polar surface area (TPSA) is 38.3 Å². The molecule has 1 fully saturated rings. The molecule has 2 heterocycles. The number of thiophene rings is 1. The molecule has 5 heteroatoms. The van der Waals surface area contributed by atoms with E-state index in [4.69, 9.17) is 4.74 Å². The molecule has 22 heavy (non-hydrogen) atoms. The Balaban J connectivity index is 1.63. The van der Waals surface area contributed by atoms with Gasteiger partial charge in [0, 0.05) is 25.0 Å². The van der Waals surface area contributed by atoms with Crippen LogP contribution in [0, 0.1) is 0 Å². The van der Waals surface area contributed by atoms with E-state index in [1.165, 1.54) is 5.56 Å². The molecule has 1 amide bonds. The molecule has 1 unspecified atom stereocenters. The van der Waals surface area contributed by atoms with Crippen LogP contribution in [0.2, 0.25) is 0 Å². The molecule has 1 saturated heterocycles. The first-order valence-electron chi connectivity index (χ1n) is 7.26. The fraction of sp³-hybridized carbons (Fsp3) is 0.353. The van der Waals surface area contributed by atoms with Gasteiger partial charge in [0.1, 0.15) is 0 Å². The van der Waals surface area contributed by atoms with Gasteiger partial charge in [0.05, 0.1) is 5.60 Å². The van der Waals surface area contributed by atoms with Gasteiger partial charge < -0.3 is 10.1 Å². The zero-order chi connectivity index (χ0) is 15.4. The van der Waals surface area contributed by atoms with Gasteiger partial charge in [-0.15, -0.1) is 0 Å².